The van der Waals surface area contributed by atoms with Gasteiger partial charge in [0.25, 0.3) is 5.91 Å². The molecule has 0 aromatic carbocycles. The molecular formula is C11H16N4O3. The van der Waals surface area contributed by atoms with Gasteiger partial charge in [-0.1, -0.05) is 0 Å². The van der Waals surface area contributed by atoms with Gasteiger partial charge < -0.3 is 21.1 Å². The molecule has 0 saturated heterocycles. The van der Waals surface area contributed by atoms with E-state index in [9.17, 15) is 14.7 Å². The van der Waals surface area contributed by atoms with Gasteiger partial charge in [-0.15, -0.1) is 0 Å². The summed E-state index contributed by atoms with van der Waals surface area (Å²) in [4.78, 5) is 27.6. The average Bonchev–Trinajstić information content (AvgIpc) is 2.35. The van der Waals surface area contributed by atoms with Crippen molar-refractivity contribution >= 4 is 17.6 Å². The standard InChI is InChI=1S/C11H16N4O3/c1-15(2)11(18)7-3-4-9(13-5-7)14-6-8(16)10(12)17/h3-5,8,16H,6H2,1-2H3,(H2,12,17)(H,13,14). The fraction of sp³-hybridized carbons (Fsp3) is 0.364. The number of carbonyl (C=O) groups is 2. The van der Waals surface area contributed by atoms with Crippen molar-refractivity contribution in [3.63, 3.8) is 0 Å². The van der Waals surface area contributed by atoms with Gasteiger partial charge >= 0.3 is 0 Å². The first kappa shape index (κ1) is 13.9. The van der Waals surface area contributed by atoms with Crippen LogP contribution in [-0.4, -0.2) is 53.5 Å². The maximum Gasteiger partial charge on any atom is 0.254 e. The van der Waals surface area contributed by atoms with Crippen molar-refractivity contribution in [2.24, 2.45) is 5.73 Å². The van der Waals surface area contributed by atoms with Crippen molar-refractivity contribution in [1.29, 1.82) is 0 Å². The molecule has 0 spiro atoms. The van der Waals surface area contributed by atoms with Crippen LogP contribution in [0.3, 0.4) is 0 Å². The number of anilines is 1. The van der Waals surface area contributed by atoms with E-state index in [2.05, 4.69) is 10.3 Å². The number of nitrogens with two attached hydrogens (primary N) is 1. The predicted octanol–water partition coefficient (Wildman–Crippen LogP) is -0.958. The average molecular weight is 252 g/mol. The summed E-state index contributed by atoms with van der Waals surface area (Å²) in [7, 11) is 3.30. The number of rotatable bonds is 5. The Morgan fingerprint density at radius 3 is 2.61 bits per heavy atom. The summed E-state index contributed by atoms with van der Waals surface area (Å²) >= 11 is 0. The van der Waals surface area contributed by atoms with Crippen molar-refractivity contribution in [1.82, 2.24) is 9.88 Å². The summed E-state index contributed by atoms with van der Waals surface area (Å²) in [6.07, 6.45) is 0.149. The van der Waals surface area contributed by atoms with Gasteiger partial charge in [0.1, 0.15) is 11.9 Å². The van der Waals surface area contributed by atoms with Crippen molar-refractivity contribution < 1.29 is 14.7 Å². The first-order valence-corrected chi connectivity index (χ1v) is 5.30. The number of nitrogens with one attached hydrogen (secondary N) is 1. The monoisotopic (exact) mass is 252 g/mol. The Bertz CT molecular complexity index is 430. The molecule has 0 aliphatic heterocycles. The van der Waals surface area contributed by atoms with Crippen LogP contribution in [0.15, 0.2) is 18.3 Å². The van der Waals surface area contributed by atoms with Crippen LogP contribution in [0, 0.1) is 0 Å². The van der Waals surface area contributed by atoms with E-state index in [0.29, 0.717) is 11.4 Å². The Hall–Kier alpha value is -2.15. The van der Waals surface area contributed by atoms with Crippen LogP contribution in [0.5, 0.6) is 0 Å². The SMILES string of the molecule is CN(C)C(=O)c1ccc(NCC(O)C(N)=O)nc1. The van der Waals surface area contributed by atoms with Gasteiger partial charge in [-0.3, -0.25) is 9.59 Å². The highest BCUT2D eigenvalue weighted by molar-refractivity contribution is 5.93. The minimum absolute atomic E-state index is 0.0245. The summed E-state index contributed by atoms with van der Waals surface area (Å²) in [6.45, 7) is -0.0245. The van der Waals surface area contributed by atoms with Crippen LogP contribution < -0.4 is 11.1 Å². The second-order valence-corrected chi connectivity index (χ2v) is 3.93. The molecule has 4 N–H and O–H groups in total. The molecule has 1 rings (SSSR count). The smallest absolute Gasteiger partial charge is 0.254 e. The summed E-state index contributed by atoms with van der Waals surface area (Å²) in [5.41, 5.74) is 5.36. The van der Waals surface area contributed by atoms with E-state index < -0.39 is 12.0 Å². The molecule has 98 valence electrons. The lowest BCUT2D eigenvalue weighted by Gasteiger charge is -2.11. The van der Waals surface area contributed by atoms with E-state index in [4.69, 9.17) is 5.73 Å². The predicted molar refractivity (Wildman–Crippen MR) is 65.9 cm³/mol. The van der Waals surface area contributed by atoms with Crippen molar-refractivity contribution in [3.05, 3.63) is 23.9 Å². The number of aliphatic hydroxyl groups excluding tert-OH is 1. The fourth-order valence-corrected chi connectivity index (χ4v) is 1.18. The fourth-order valence-electron chi connectivity index (χ4n) is 1.18. The molecule has 0 bridgehead atoms. The van der Waals surface area contributed by atoms with Gasteiger partial charge in [0.15, 0.2) is 0 Å². The zero-order chi connectivity index (χ0) is 13.7. The molecule has 1 heterocycles. The lowest BCUT2D eigenvalue weighted by Crippen LogP contribution is -2.34. The third kappa shape index (κ3) is 3.70. The Labute approximate surface area is 105 Å². The quantitative estimate of drug-likeness (QED) is 0.625. The Morgan fingerprint density at radius 1 is 1.50 bits per heavy atom. The summed E-state index contributed by atoms with van der Waals surface area (Å²) in [5.74, 6) is -0.501. The van der Waals surface area contributed by atoms with E-state index in [-0.39, 0.29) is 12.5 Å². The lowest BCUT2D eigenvalue weighted by atomic mass is 10.2. The molecule has 0 saturated carbocycles. The number of aromatic nitrogens is 1. The molecule has 0 aliphatic carbocycles. The van der Waals surface area contributed by atoms with E-state index in [1.807, 2.05) is 0 Å². The minimum atomic E-state index is -1.27. The number of nitrogens with zero attached hydrogens (tertiary/aromatic N) is 2. The zero-order valence-corrected chi connectivity index (χ0v) is 10.3. The maximum absolute atomic E-state index is 11.6. The zero-order valence-electron chi connectivity index (χ0n) is 10.3. The van der Waals surface area contributed by atoms with Crippen LogP contribution in [0.2, 0.25) is 0 Å². The van der Waals surface area contributed by atoms with Crippen molar-refractivity contribution in [2.45, 2.75) is 6.10 Å². The Balaban J connectivity index is 2.61. The van der Waals surface area contributed by atoms with Gasteiger partial charge in [0, 0.05) is 20.3 Å². The molecule has 18 heavy (non-hydrogen) atoms. The molecule has 1 unspecified atom stereocenters. The highest BCUT2D eigenvalue weighted by atomic mass is 16.3. The van der Waals surface area contributed by atoms with Crippen molar-refractivity contribution in [2.75, 3.05) is 26.0 Å². The third-order valence-corrected chi connectivity index (χ3v) is 2.22. The van der Waals surface area contributed by atoms with Gasteiger partial charge in [-0.25, -0.2) is 4.98 Å². The molecule has 2 amide bonds. The normalized spacial score (nSPS) is 11.7. The van der Waals surface area contributed by atoms with Gasteiger partial charge in [0.2, 0.25) is 5.91 Å². The molecule has 7 heteroatoms. The number of hydrogen-bond donors (Lipinski definition) is 3. The second-order valence-electron chi connectivity index (χ2n) is 3.93. The molecule has 0 radical (unpaired) electrons. The second kappa shape index (κ2) is 5.97. The molecule has 0 aliphatic rings. The van der Waals surface area contributed by atoms with Gasteiger partial charge in [-0.05, 0) is 12.1 Å². The maximum atomic E-state index is 11.6. The molecule has 1 aromatic rings. The number of amides is 2. The van der Waals surface area contributed by atoms with E-state index >= 15 is 0 Å². The van der Waals surface area contributed by atoms with Gasteiger partial charge in [-0.2, -0.15) is 0 Å². The molecule has 0 fully saturated rings. The summed E-state index contributed by atoms with van der Waals surface area (Å²) in [5, 5.41) is 11.9. The van der Waals surface area contributed by atoms with Crippen LogP contribution >= 0.6 is 0 Å². The first-order valence-electron chi connectivity index (χ1n) is 5.30. The Kier molecular flexibility index (Phi) is 4.61. The van der Waals surface area contributed by atoms with E-state index in [1.165, 1.54) is 11.1 Å². The third-order valence-electron chi connectivity index (χ3n) is 2.22. The number of carbonyl (C=O) groups excluding carboxylic acids is 2. The largest absolute Gasteiger partial charge is 0.381 e. The van der Waals surface area contributed by atoms with Crippen LogP contribution in [0.1, 0.15) is 10.4 Å². The molecule has 7 nitrogen and oxygen atoms in total. The van der Waals surface area contributed by atoms with Crippen LogP contribution in [0.4, 0.5) is 5.82 Å². The highest BCUT2D eigenvalue weighted by Gasteiger charge is 2.11. The van der Waals surface area contributed by atoms with Gasteiger partial charge in [0.05, 0.1) is 12.1 Å². The van der Waals surface area contributed by atoms with E-state index in [1.54, 1.807) is 26.2 Å². The van der Waals surface area contributed by atoms with Crippen LogP contribution in [-0.2, 0) is 4.79 Å². The number of pyridine rings is 1. The van der Waals surface area contributed by atoms with Crippen molar-refractivity contribution in [3.8, 4) is 0 Å². The number of primary amides is 1. The molecule has 1 aromatic heterocycles. The summed E-state index contributed by atoms with van der Waals surface area (Å²) in [6, 6.07) is 3.19. The van der Waals surface area contributed by atoms with Crippen LogP contribution in [0.25, 0.3) is 0 Å². The number of aliphatic hydroxyl groups is 1. The van der Waals surface area contributed by atoms with E-state index in [0.717, 1.165) is 0 Å². The molecule has 1 atom stereocenters. The lowest BCUT2D eigenvalue weighted by molar-refractivity contribution is -0.125. The topological polar surface area (TPSA) is 109 Å². The first-order chi connectivity index (χ1) is 8.41. The summed E-state index contributed by atoms with van der Waals surface area (Å²) < 4.78 is 0. The Morgan fingerprint density at radius 2 is 2.17 bits per heavy atom. The molecular weight excluding hydrogens is 236 g/mol. The minimum Gasteiger partial charge on any atom is -0.381 e. The number of hydrogen-bond acceptors (Lipinski definition) is 5. The highest BCUT2D eigenvalue weighted by Crippen LogP contribution is 2.06.